The van der Waals surface area contributed by atoms with Crippen molar-refractivity contribution in [1.29, 1.82) is 0 Å². The molecule has 0 amide bonds. The molecule has 12 heavy (non-hydrogen) atoms. The first-order valence-electron chi connectivity index (χ1n) is 3.98. The van der Waals surface area contributed by atoms with Gasteiger partial charge in [0.25, 0.3) is 0 Å². The van der Waals surface area contributed by atoms with Crippen molar-refractivity contribution in [2.75, 3.05) is 6.61 Å². The second kappa shape index (κ2) is 3.68. The Bertz CT molecular complexity index is 150. The second-order valence-corrected chi connectivity index (χ2v) is 3.31. The average Bonchev–Trinajstić information content (AvgIpc) is 2.08. The molecule has 5 nitrogen and oxygen atoms in total. The van der Waals surface area contributed by atoms with Crippen LogP contribution in [-0.2, 0) is 0 Å². The van der Waals surface area contributed by atoms with Crippen molar-refractivity contribution >= 4 is 0 Å². The summed E-state index contributed by atoms with van der Waals surface area (Å²) in [5.41, 5.74) is 5.46. The summed E-state index contributed by atoms with van der Waals surface area (Å²) in [4.78, 5) is 0. The Labute approximate surface area is 70.4 Å². The van der Waals surface area contributed by atoms with E-state index < -0.39 is 30.3 Å². The minimum atomic E-state index is -1.24. The van der Waals surface area contributed by atoms with Crippen LogP contribution in [0.3, 0.4) is 0 Å². The molecule has 5 atom stereocenters. The van der Waals surface area contributed by atoms with Crippen molar-refractivity contribution in [2.45, 2.75) is 30.8 Å². The number of hydrogen-bond donors (Lipinski definition) is 5. The monoisotopic (exact) mass is 177 g/mol. The van der Waals surface area contributed by atoms with Gasteiger partial charge in [0.15, 0.2) is 0 Å². The van der Waals surface area contributed by atoms with E-state index in [0.29, 0.717) is 6.42 Å². The average molecular weight is 177 g/mol. The molecule has 0 spiro atoms. The molecule has 1 saturated carbocycles. The molecule has 0 saturated heterocycles. The fourth-order valence-electron chi connectivity index (χ4n) is 1.55. The zero-order valence-corrected chi connectivity index (χ0v) is 6.67. The van der Waals surface area contributed by atoms with Crippen LogP contribution in [0.4, 0.5) is 0 Å². The first-order valence-corrected chi connectivity index (χ1v) is 3.98. The summed E-state index contributed by atoms with van der Waals surface area (Å²) in [6.07, 6.45) is -3.09. The van der Waals surface area contributed by atoms with Crippen molar-refractivity contribution in [3.05, 3.63) is 0 Å². The summed E-state index contributed by atoms with van der Waals surface area (Å²) in [6, 6.07) is -0.569. The van der Waals surface area contributed by atoms with E-state index in [1.54, 1.807) is 0 Å². The van der Waals surface area contributed by atoms with Crippen molar-refractivity contribution < 1.29 is 20.4 Å². The molecule has 0 radical (unpaired) electrons. The molecule has 1 aliphatic carbocycles. The number of nitrogens with two attached hydrogens (primary N) is 1. The Morgan fingerprint density at radius 3 is 2.17 bits per heavy atom. The summed E-state index contributed by atoms with van der Waals surface area (Å²) in [5, 5.41) is 36.5. The molecule has 0 unspecified atom stereocenters. The maximum absolute atomic E-state index is 9.30. The van der Waals surface area contributed by atoms with Gasteiger partial charge in [0.1, 0.15) is 6.10 Å². The lowest BCUT2D eigenvalue weighted by Crippen LogP contribution is -2.57. The minimum Gasteiger partial charge on any atom is -0.396 e. The van der Waals surface area contributed by atoms with Crippen LogP contribution in [0, 0.1) is 5.92 Å². The number of rotatable bonds is 1. The van der Waals surface area contributed by atoms with Crippen molar-refractivity contribution in [3.63, 3.8) is 0 Å². The lowest BCUT2D eigenvalue weighted by atomic mass is 9.80. The van der Waals surface area contributed by atoms with Crippen LogP contribution in [0.1, 0.15) is 6.42 Å². The van der Waals surface area contributed by atoms with Crippen LogP contribution >= 0.6 is 0 Å². The van der Waals surface area contributed by atoms with Crippen LogP contribution in [0.5, 0.6) is 0 Å². The van der Waals surface area contributed by atoms with Gasteiger partial charge in [-0.05, 0) is 6.42 Å². The van der Waals surface area contributed by atoms with E-state index >= 15 is 0 Å². The van der Waals surface area contributed by atoms with Gasteiger partial charge in [-0.3, -0.25) is 0 Å². The minimum absolute atomic E-state index is 0.224. The molecular weight excluding hydrogens is 162 g/mol. The van der Waals surface area contributed by atoms with Crippen molar-refractivity contribution in [3.8, 4) is 0 Å². The molecule has 0 bridgehead atoms. The highest BCUT2D eigenvalue weighted by Crippen LogP contribution is 2.24. The Morgan fingerprint density at radius 1 is 1.08 bits per heavy atom. The first-order chi connectivity index (χ1) is 5.57. The highest BCUT2D eigenvalue weighted by Gasteiger charge is 2.40. The van der Waals surface area contributed by atoms with Gasteiger partial charge >= 0.3 is 0 Å². The maximum Gasteiger partial charge on any atom is 0.108 e. The van der Waals surface area contributed by atoms with Crippen molar-refractivity contribution in [2.24, 2.45) is 11.7 Å². The van der Waals surface area contributed by atoms with Crippen LogP contribution < -0.4 is 5.73 Å². The zero-order valence-electron chi connectivity index (χ0n) is 6.67. The van der Waals surface area contributed by atoms with Gasteiger partial charge in [-0.15, -0.1) is 0 Å². The summed E-state index contributed by atoms with van der Waals surface area (Å²) in [5.74, 6) is -0.432. The molecular formula is C7H15NO4. The van der Waals surface area contributed by atoms with E-state index in [-0.39, 0.29) is 6.61 Å². The second-order valence-electron chi connectivity index (χ2n) is 3.31. The lowest BCUT2D eigenvalue weighted by Gasteiger charge is -2.38. The third kappa shape index (κ3) is 1.60. The summed E-state index contributed by atoms with van der Waals surface area (Å²) < 4.78 is 0. The fraction of sp³-hybridized carbons (Fsp3) is 1.00. The largest absolute Gasteiger partial charge is 0.396 e. The Morgan fingerprint density at radius 2 is 1.67 bits per heavy atom. The highest BCUT2D eigenvalue weighted by atomic mass is 16.4. The summed E-state index contributed by atoms with van der Waals surface area (Å²) in [6.45, 7) is -0.224. The van der Waals surface area contributed by atoms with E-state index in [1.165, 1.54) is 0 Å². The molecule has 1 aliphatic rings. The topological polar surface area (TPSA) is 107 Å². The van der Waals surface area contributed by atoms with Gasteiger partial charge in [-0.2, -0.15) is 0 Å². The molecule has 72 valence electrons. The fourth-order valence-corrected chi connectivity index (χ4v) is 1.55. The molecule has 1 fully saturated rings. The SMILES string of the molecule is N[C@@H]1C[C@@H](CO)[C@H](O)[C@@H](O)[C@@H]1O. The van der Waals surface area contributed by atoms with E-state index in [2.05, 4.69) is 0 Å². The zero-order chi connectivity index (χ0) is 9.30. The summed E-state index contributed by atoms with van der Waals surface area (Å²) >= 11 is 0. The maximum atomic E-state index is 9.30. The van der Waals surface area contributed by atoms with Gasteiger partial charge < -0.3 is 26.2 Å². The van der Waals surface area contributed by atoms with Gasteiger partial charge in [0.05, 0.1) is 12.2 Å². The van der Waals surface area contributed by atoms with E-state index in [1.807, 2.05) is 0 Å². The standard InChI is InChI=1S/C7H15NO4/c8-4-1-3(2-9)5(10)7(12)6(4)11/h3-7,9-12H,1-2,8H2/t3-,4+,5-,6+,7+/m0/s1. The van der Waals surface area contributed by atoms with E-state index in [9.17, 15) is 15.3 Å². The molecule has 0 aliphatic heterocycles. The van der Waals surface area contributed by atoms with Gasteiger partial charge in [0, 0.05) is 18.6 Å². The molecule has 6 N–H and O–H groups in total. The van der Waals surface area contributed by atoms with E-state index in [4.69, 9.17) is 10.8 Å². The normalized spacial score (nSPS) is 49.2. The Kier molecular flexibility index (Phi) is 3.03. The van der Waals surface area contributed by atoms with Crippen LogP contribution in [0.15, 0.2) is 0 Å². The van der Waals surface area contributed by atoms with Crippen LogP contribution in [0.25, 0.3) is 0 Å². The van der Waals surface area contributed by atoms with Crippen LogP contribution in [0.2, 0.25) is 0 Å². The predicted octanol–water partition coefficient (Wildman–Crippen LogP) is -2.59. The Balaban J connectivity index is 2.63. The van der Waals surface area contributed by atoms with Gasteiger partial charge in [-0.25, -0.2) is 0 Å². The molecule has 0 aromatic heterocycles. The smallest absolute Gasteiger partial charge is 0.108 e. The third-order valence-electron chi connectivity index (χ3n) is 2.43. The molecule has 5 heteroatoms. The van der Waals surface area contributed by atoms with E-state index in [0.717, 1.165) is 0 Å². The van der Waals surface area contributed by atoms with Gasteiger partial charge in [0.2, 0.25) is 0 Å². The van der Waals surface area contributed by atoms with Crippen molar-refractivity contribution in [1.82, 2.24) is 0 Å². The van der Waals surface area contributed by atoms with Gasteiger partial charge in [-0.1, -0.05) is 0 Å². The Hall–Kier alpha value is -0.200. The molecule has 1 rings (SSSR count). The molecule has 0 heterocycles. The molecule has 0 aromatic rings. The molecule has 0 aromatic carbocycles. The van der Waals surface area contributed by atoms with Crippen LogP contribution in [-0.4, -0.2) is 51.4 Å². The number of aliphatic hydroxyl groups is 4. The number of aliphatic hydroxyl groups excluding tert-OH is 4. The lowest BCUT2D eigenvalue weighted by molar-refractivity contribution is -0.125. The quantitative estimate of drug-likeness (QED) is 0.302. The predicted molar refractivity (Wildman–Crippen MR) is 41.2 cm³/mol. The first kappa shape index (κ1) is 9.88. The third-order valence-corrected chi connectivity index (χ3v) is 2.43. The highest BCUT2D eigenvalue weighted by molar-refractivity contribution is 4.94. The summed E-state index contributed by atoms with van der Waals surface area (Å²) in [7, 11) is 0. The number of hydrogen-bond acceptors (Lipinski definition) is 5.